The zero-order valence-electron chi connectivity index (χ0n) is 13.1. The summed E-state index contributed by atoms with van der Waals surface area (Å²) < 4.78 is 5.89. The zero-order valence-corrected chi connectivity index (χ0v) is 13.1. The number of rotatable bonds is 2. The summed E-state index contributed by atoms with van der Waals surface area (Å²) in [5.41, 5.74) is 1.21. The number of hydrogen-bond acceptors (Lipinski definition) is 4. The SMILES string of the molecule is CCc1cc(C(=O)N2CCC3(CC2)OCCCC3O)ccn1. The Kier molecular flexibility index (Phi) is 4.45. The second-order valence-electron chi connectivity index (χ2n) is 6.25. The number of amides is 1. The van der Waals surface area contributed by atoms with E-state index in [9.17, 15) is 9.90 Å². The molecule has 1 spiro atoms. The molecule has 1 amide bonds. The molecule has 1 atom stereocenters. The molecule has 3 heterocycles. The van der Waals surface area contributed by atoms with Gasteiger partial charge in [-0.15, -0.1) is 0 Å². The number of carbonyl (C=O) groups excluding carboxylic acids is 1. The fourth-order valence-electron chi connectivity index (χ4n) is 3.46. The van der Waals surface area contributed by atoms with Crippen molar-refractivity contribution in [3.8, 4) is 0 Å². The maximum absolute atomic E-state index is 12.6. The third-order valence-corrected chi connectivity index (χ3v) is 4.94. The first-order valence-electron chi connectivity index (χ1n) is 8.21. The molecule has 0 aliphatic carbocycles. The number of hydrogen-bond donors (Lipinski definition) is 1. The Morgan fingerprint density at radius 2 is 2.27 bits per heavy atom. The third-order valence-electron chi connectivity index (χ3n) is 4.94. The van der Waals surface area contributed by atoms with Gasteiger partial charge in [-0.3, -0.25) is 9.78 Å². The van der Waals surface area contributed by atoms with E-state index in [2.05, 4.69) is 4.98 Å². The Bertz CT molecular complexity index is 538. The lowest BCUT2D eigenvalue weighted by Crippen LogP contribution is -2.56. The number of aliphatic hydroxyl groups excluding tert-OH is 1. The molecule has 2 saturated heterocycles. The summed E-state index contributed by atoms with van der Waals surface area (Å²) in [6.07, 6.45) is 5.28. The zero-order chi connectivity index (χ0) is 15.6. The van der Waals surface area contributed by atoms with Gasteiger partial charge in [0.05, 0.1) is 11.7 Å². The fraction of sp³-hybridized carbons (Fsp3) is 0.647. The van der Waals surface area contributed by atoms with E-state index in [4.69, 9.17) is 4.74 Å². The van der Waals surface area contributed by atoms with E-state index < -0.39 is 11.7 Å². The molecule has 5 heteroatoms. The number of piperidine rings is 1. The van der Waals surface area contributed by atoms with Crippen LogP contribution in [0.15, 0.2) is 18.3 Å². The molecule has 2 fully saturated rings. The first-order valence-corrected chi connectivity index (χ1v) is 8.21. The Hall–Kier alpha value is -1.46. The minimum atomic E-state index is -0.429. The lowest BCUT2D eigenvalue weighted by molar-refractivity contribution is -0.174. The number of pyridine rings is 1. The molecular weight excluding hydrogens is 280 g/mol. The number of aryl methyl sites for hydroxylation is 1. The van der Waals surface area contributed by atoms with Gasteiger partial charge in [-0.1, -0.05) is 6.92 Å². The van der Waals surface area contributed by atoms with Crippen LogP contribution in [0.2, 0.25) is 0 Å². The monoisotopic (exact) mass is 304 g/mol. The highest BCUT2D eigenvalue weighted by Gasteiger charge is 2.44. The molecule has 0 radical (unpaired) electrons. The highest BCUT2D eigenvalue weighted by atomic mass is 16.5. The summed E-state index contributed by atoms with van der Waals surface area (Å²) in [6.45, 7) is 4.03. The van der Waals surface area contributed by atoms with Gasteiger partial charge in [-0.25, -0.2) is 0 Å². The first kappa shape index (κ1) is 15.4. The molecule has 1 aromatic heterocycles. The van der Waals surface area contributed by atoms with Gasteiger partial charge in [0.15, 0.2) is 0 Å². The highest BCUT2D eigenvalue weighted by Crippen LogP contribution is 2.35. The molecule has 2 aliphatic heterocycles. The van der Waals surface area contributed by atoms with Gasteiger partial charge in [0.1, 0.15) is 0 Å². The quantitative estimate of drug-likeness (QED) is 0.905. The number of carbonyl (C=O) groups is 1. The topological polar surface area (TPSA) is 62.7 Å². The maximum atomic E-state index is 12.6. The smallest absolute Gasteiger partial charge is 0.253 e. The Labute approximate surface area is 131 Å². The molecule has 1 unspecified atom stereocenters. The average molecular weight is 304 g/mol. The van der Waals surface area contributed by atoms with Gasteiger partial charge in [0, 0.05) is 37.2 Å². The third kappa shape index (κ3) is 2.88. The molecule has 0 aromatic carbocycles. The van der Waals surface area contributed by atoms with Crippen molar-refractivity contribution in [2.75, 3.05) is 19.7 Å². The number of likely N-dealkylation sites (tertiary alicyclic amines) is 1. The molecule has 0 saturated carbocycles. The van der Waals surface area contributed by atoms with Crippen molar-refractivity contribution >= 4 is 5.91 Å². The van der Waals surface area contributed by atoms with E-state index >= 15 is 0 Å². The van der Waals surface area contributed by atoms with Crippen LogP contribution in [0.3, 0.4) is 0 Å². The van der Waals surface area contributed by atoms with E-state index in [0.29, 0.717) is 31.5 Å². The predicted molar refractivity (Wildman–Crippen MR) is 82.7 cm³/mol. The Morgan fingerprint density at radius 3 is 2.95 bits per heavy atom. The number of aliphatic hydroxyl groups is 1. The molecule has 5 nitrogen and oxygen atoms in total. The predicted octanol–water partition coefficient (Wildman–Crippen LogP) is 1.79. The summed E-state index contributed by atoms with van der Waals surface area (Å²) in [5, 5.41) is 10.3. The van der Waals surface area contributed by atoms with Crippen molar-refractivity contribution in [1.82, 2.24) is 9.88 Å². The van der Waals surface area contributed by atoms with E-state index in [1.54, 1.807) is 12.3 Å². The van der Waals surface area contributed by atoms with Crippen molar-refractivity contribution < 1.29 is 14.6 Å². The van der Waals surface area contributed by atoms with Crippen molar-refractivity contribution in [3.63, 3.8) is 0 Å². The first-order chi connectivity index (χ1) is 10.6. The molecular formula is C17H24N2O3. The summed E-state index contributed by atoms with van der Waals surface area (Å²) >= 11 is 0. The molecule has 3 rings (SSSR count). The summed E-state index contributed by atoms with van der Waals surface area (Å²) in [5.74, 6) is 0.0530. The van der Waals surface area contributed by atoms with Gasteiger partial charge in [-0.2, -0.15) is 0 Å². The standard InChI is InChI=1S/C17H24N2O3/c1-2-14-12-13(5-8-18-14)16(21)19-9-6-17(7-10-19)15(20)4-3-11-22-17/h5,8,12,15,20H,2-4,6-7,9-11H2,1H3. The van der Waals surface area contributed by atoms with Gasteiger partial charge in [0.2, 0.25) is 0 Å². The Morgan fingerprint density at radius 1 is 1.50 bits per heavy atom. The van der Waals surface area contributed by atoms with Crippen molar-refractivity contribution in [3.05, 3.63) is 29.6 Å². The largest absolute Gasteiger partial charge is 0.390 e. The Balaban J connectivity index is 1.66. The van der Waals surface area contributed by atoms with Crippen LogP contribution in [0, 0.1) is 0 Å². The highest BCUT2D eigenvalue weighted by molar-refractivity contribution is 5.94. The second kappa shape index (κ2) is 6.34. The fourth-order valence-corrected chi connectivity index (χ4v) is 3.46. The number of ether oxygens (including phenoxy) is 1. The van der Waals surface area contributed by atoms with Crippen LogP contribution in [0.25, 0.3) is 0 Å². The van der Waals surface area contributed by atoms with Crippen molar-refractivity contribution in [2.24, 2.45) is 0 Å². The molecule has 22 heavy (non-hydrogen) atoms. The van der Waals surface area contributed by atoms with Crippen molar-refractivity contribution in [1.29, 1.82) is 0 Å². The molecule has 0 bridgehead atoms. The van der Waals surface area contributed by atoms with E-state index in [1.165, 1.54) is 0 Å². The van der Waals surface area contributed by atoms with Crippen LogP contribution in [0.1, 0.15) is 48.7 Å². The van der Waals surface area contributed by atoms with E-state index in [-0.39, 0.29) is 5.91 Å². The molecule has 1 N–H and O–H groups in total. The molecule has 1 aromatic rings. The van der Waals surface area contributed by atoms with Crippen LogP contribution in [0.5, 0.6) is 0 Å². The normalized spacial score (nSPS) is 24.5. The summed E-state index contributed by atoms with van der Waals surface area (Å²) in [7, 11) is 0. The number of nitrogens with zero attached hydrogens (tertiary/aromatic N) is 2. The van der Waals surface area contributed by atoms with Crippen molar-refractivity contribution in [2.45, 2.75) is 50.7 Å². The van der Waals surface area contributed by atoms with E-state index in [0.717, 1.165) is 31.6 Å². The van der Waals surface area contributed by atoms with Gasteiger partial charge >= 0.3 is 0 Å². The van der Waals surface area contributed by atoms with E-state index in [1.807, 2.05) is 17.9 Å². The van der Waals surface area contributed by atoms with Gasteiger partial charge in [0.25, 0.3) is 5.91 Å². The lowest BCUT2D eigenvalue weighted by atomic mass is 9.82. The van der Waals surface area contributed by atoms with Gasteiger partial charge < -0.3 is 14.7 Å². The van der Waals surface area contributed by atoms with Crippen LogP contribution >= 0.6 is 0 Å². The second-order valence-corrected chi connectivity index (χ2v) is 6.25. The minimum absolute atomic E-state index is 0.0530. The maximum Gasteiger partial charge on any atom is 0.253 e. The lowest BCUT2D eigenvalue weighted by Gasteiger charge is -2.46. The summed E-state index contributed by atoms with van der Waals surface area (Å²) in [6, 6.07) is 3.65. The van der Waals surface area contributed by atoms with Crippen LogP contribution in [-0.4, -0.2) is 52.3 Å². The van der Waals surface area contributed by atoms with Crippen LogP contribution in [0.4, 0.5) is 0 Å². The van der Waals surface area contributed by atoms with Gasteiger partial charge in [-0.05, 0) is 44.2 Å². The van der Waals surface area contributed by atoms with Crippen LogP contribution < -0.4 is 0 Å². The number of aromatic nitrogens is 1. The molecule has 2 aliphatic rings. The molecule has 120 valence electrons. The summed E-state index contributed by atoms with van der Waals surface area (Å²) in [4.78, 5) is 18.7. The van der Waals surface area contributed by atoms with Crippen LogP contribution in [-0.2, 0) is 11.2 Å². The minimum Gasteiger partial charge on any atom is -0.390 e. The average Bonchev–Trinajstić information content (AvgIpc) is 2.58.